The number of hydrogen-bond acceptors (Lipinski definition) is 3. The molecule has 1 aliphatic heterocycles. The summed E-state index contributed by atoms with van der Waals surface area (Å²) in [6.45, 7) is 5.39. The van der Waals surface area contributed by atoms with Crippen LogP contribution in [0.2, 0.25) is 0 Å². The van der Waals surface area contributed by atoms with Crippen molar-refractivity contribution in [3.63, 3.8) is 0 Å². The van der Waals surface area contributed by atoms with Crippen molar-refractivity contribution in [3.8, 4) is 11.4 Å². The van der Waals surface area contributed by atoms with Gasteiger partial charge in [-0.3, -0.25) is 15.0 Å². The zero-order valence-electron chi connectivity index (χ0n) is 9.98. The largest absolute Gasteiger partial charge is 0.299 e. The minimum absolute atomic E-state index is 0.961. The molecular weight excluding hydrogens is 212 g/mol. The molecular formula is C13H16N4. The fourth-order valence-electron chi connectivity index (χ4n) is 2.34. The molecule has 0 aliphatic carbocycles. The molecule has 2 aromatic rings. The molecule has 0 spiro atoms. The van der Waals surface area contributed by atoms with Crippen LogP contribution in [0.15, 0.2) is 24.4 Å². The van der Waals surface area contributed by atoms with Crippen molar-refractivity contribution in [2.75, 3.05) is 13.1 Å². The number of nitrogens with one attached hydrogen (secondary N) is 1. The van der Waals surface area contributed by atoms with Gasteiger partial charge in [-0.2, -0.15) is 5.10 Å². The first-order valence-corrected chi connectivity index (χ1v) is 6.08. The lowest BCUT2D eigenvalue weighted by molar-refractivity contribution is 0.267. The van der Waals surface area contributed by atoms with Crippen molar-refractivity contribution in [1.29, 1.82) is 0 Å². The van der Waals surface area contributed by atoms with Crippen LogP contribution in [0.3, 0.4) is 0 Å². The van der Waals surface area contributed by atoms with Crippen LogP contribution in [0.5, 0.6) is 0 Å². The van der Waals surface area contributed by atoms with Gasteiger partial charge in [0.2, 0.25) is 0 Å². The average Bonchev–Trinajstić information content (AvgIpc) is 2.82. The van der Waals surface area contributed by atoms with Crippen LogP contribution in [0.25, 0.3) is 11.4 Å². The number of pyridine rings is 1. The SMILES string of the molecule is CCN1CCc2[nH]nc(-c3ccccn3)c2C1. The van der Waals surface area contributed by atoms with Crippen LogP contribution in [-0.4, -0.2) is 33.2 Å². The normalized spacial score (nSPS) is 15.8. The number of aromatic nitrogens is 3. The number of aromatic amines is 1. The topological polar surface area (TPSA) is 44.8 Å². The van der Waals surface area contributed by atoms with Crippen molar-refractivity contribution < 1.29 is 0 Å². The Bertz CT molecular complexity index is 503. The Morgan fingerprint density at radius 3 is 3.12 bits per heavy atom. The maximum atomic E-state index is 4.42. The molecule has 4 heteroatoms. The fourth-order valence-corrected chi connectivity index (χ4v) is 2.34. The summed E-state index contributed by atoms with van der Waals surface area (Å²) in [5, 5.41) is 7.58. The molecule has 0 amide bonds. The Balaban J connectivity index is 2.00. The molecule has 17 heavy (non-hydrogen) atoms. The third kappa shape index (κ3) is 1.85. The molecule has 3 rings (SSSR count). The van der Waals surface area contributed by atoms with Crippen molar-refractivity contribution in [2.24, 2.45) is 0 Å². The zero-order chi connectivity index (χ0) is 11.7. The van der Waals surface area contributed by atoms with Gasteiger partial charge in [0.25, 0.3) is 0 Å². The summed E-state index contributed by atoms with van der Waals surface area (Å²) in [5.74, 6) is 0. The van der Waals surface area contributed by atoms with Crippen LogP contribution in [0.1, 0.15) is 18.2 Å². The second kappa shape index (κ2) is 4.30. The first kappa shape index (κ1) is 10.5. The van der Waals surface area contributed by atoms with E-state index in [9.17, 15) is 0 Å². The molecule has 0 radical (unpaired) electrons. The number of H-pyrrole nitrogens is 1. The van der Waals surface area contributed by atoms with Crippen LogP contribution in [0, 0.1) is 0 Å². The van der Waals surface area contributed by atoms with Crippen molar-refractivity contribution in [3.05, 3.63) is 35.7 Å². The van der Waals surface area contributed by atoms with Crippen LogP contribution >= 0.6 is 0 Å². The van der Waals surface area contributed by atoms with Gasteiger partial charge < -0.3 is 0 Å². The van der Waals surface area contributed by atoms with E-state index in [0.717, 1.165) is 37.4 Å². The van der Waals surface area contributed by atoms with Gasteiger partial charge in [0.15, 0.2) is 0 Å². The van der Waals surface area contributed by atoms with E-state index in [4.69, 9.17) is 0 Å². The molecule has 4 nitrogen and oxygen atoms in total. The number of likely N-dealkylation sites (N-methyl/N-ethyl adjacent to an activating group) is 1. The zero-order valence-corrected chi connectivity index (χ0v) is 9.98. The number of fused-ring (bicyclic) bond motifs is 1. The molecule has 0 unspecified atom stereocenters. The van der Waals surface area contributed by atoms with Gasteiger partial charge >= 0.3 is 0 Å². The Labute approximate surface area is 101 Å². The van der Waals surface area contributed by atoms with E-state index in [1.165, 1.54) is 11.3 Å². The van der Waals surface area contributed by atoms with Gasteiger partial charge in [-0.1, -0.05) is 13.0 Å². The maximum Gasteiger partial charge on any atom is 0.115 e. The predicted octanol–water partition coefficient (Wildman–Crippen LogP) is 1.85. The number of hydrogen-bond donors (Lipinski definition) is 1. The van der Waals surface area contributed by atoms with Crippen molar-refractivity contribution in [2.45, 2.75) is 19.9 Å². The molecule has 0 aromatic carbocycles. The lowest BCUT2D eigenvalue weighted by Crippen LogP contribution is -2.30. The van der Waals surface area contributed by atoms with E-state index in [0.29, 0.717) is 0 Å². The smallest absolute Gasteiger partial charge is 0.115 e. The Kier molecular flexibility index (Phi) is 2.65. The summed E-state index contributed by atoms with van der Waals surface area (Å²) in [6.07, 6.45) is 2.87. The number of rotatable bonds is 2. The van der Waals surface area contributed by atoms with Gasteiger partial charge in [0.05, 0.1) is 5.69 Å². The maximum absolute atomic E-state index is 4.42. The van der Waals surface area contributed by atoms with Crippen LogP contribution in [0.4, 0.5) is 0 Å². The summed E-state index contributed by atoms with van der Waals surface area (Å²) in [7, 11) is 0. The lowest BCUT2D eigenvalue weighted by atomic mass is 10.0. The number of nitrogens with zero attached hydrogens (tertiary/aromatic N) is 3. The molecule has 0 fully saturated rings. The van der Waals surface area contributed by atoms with E-state index < -0.39 is 0 Å². The quantitative estimate of drug-likeness (QED) is 0.853. The second-order valence-corrected chi connectivity index (χ2v) is 4.36. The molecule has 0 saturated heterocycles. The molecule has 0 bridgehead atoms. The summed E-state index contributed by atoms with van der Waals surface area (Å²) in [4.78, 5) is 6.81. The molecule has 1 N–H and O–H groups in total. The third-order valence-electron chi connectivity index (χ3n) is 3.37. The lowest BCUT2D eigenvalue weighted by Gasteiger charge is -2.25. The molecule has 3 heterocycles. The van der Waals surface area contributed by atoms with Gasteiger partial charge in [0.1, 0.15) is 5.69 Å². The van der Waals surface area contributed by atoms with Gasteiger partial charge in [-0.05, 0) is 18.7 Å². The minimum atomic E-state index is 0.961. The average molecular weight is 228 g/mol. The first-order valence-electron chi connectivity index (χ1n) is 6.08. The Morgan fingerprint density at radius 1 is 1.41 bits per heavy atom. The molecule has 1 aliphatic rings. The summed E-state index contributed by atoms with van der Waals surface area (Å²) < 4.78 is 0. The molecule has 88 valence electrons. The molecule has 0 saturated carbocycles. The molecule has 0 atom stereocenters. The third-order valence-corrected chi connectivity index (χ3v) is 3.37. The highest BCUT2D eigenvalue weighted by Gasteiger charge is 2.21. The Hall–Kier alpha value is -1.68. The summed E-state index contributed by atoms with van der Waals surface area (Å²) >= 11 is 0. The van der Waals surface area contributed by atoms with E-state index in [1.807, 2.05) is 24.4 Å². The standard InChI is InChI=1S/C13H16N4/c1-2-17-8-6-11-10(9-17)13(16-15-11)12-5-3-4-7-14-12/h3-5,7H,2,6,8-9H2,1H3,(H,15,16). The molecule has 2 aromatic heterocycles. The van der Waals surface area contributed by atoms with Crippen molar-refractivity contribution in [1.82, 2.24) is 20.1 Å². The van der Waals surface area contributed by atoms with E-state index in [1.54, 1.807) is 0 Å². The second-order valence-electron chi connectivity index (χ2n) is 4.36. The van der Waals surface area contributed by atoms with Crippen molar-refractivity contribution >= 4 is 0 Å². The van der Waals surface area contributed by atoms with Gasteiger partial charge in [0, 0.05) is 37.0 Å². The Morgan fingerprint density at radius 2 is 2.35 bits per heavy atom. The van der Waals surface area contributed by atoms with Gasteiger partial charge in [-0.15, -0.1) is 0 Å². The predicted molar refractivity (Wildman–Crippen MR) is 66.5 cm³/mol. The summed E-state index contributed by atoms with van der Waals surface area (Å²) in [5.41, 5.74) is 4.56. The highest BCUT2D eigenvalue weighted by atomic mass is 15.2. The summed E-state index contributed by atoms with van der Waals surface area (Å²) in [6, 6.07) is 5.95. The van der Waals surface area contributed by atoms with Crippen LogP contribution < -0.4 is 0 Å². The van der Waals surface area contributed by atoms with E-state index >= 15 is 0 Å². The highest BCUT2D eigenvalue weighted by Crippen LogP contribution is 2.26. The monoisotopic (exact) mass is 228 g/mol. The van der Waals surface area contributed by atoms with Gasteiger partial charge in [-0.25, -0.2) is 0 Å². The first-order chi connectivity index (χ1) is 8.38. The van der Waals surface area contributed by atoms with E-state index in [-0.39, 0.29) is 0 Å². The highest BCUT2D eigenvalue weighted by molar-refractivity contribution is 5.60. The van der Waals surface area contributed by atoms with E-state index in [2.05, 4.69) is 27.0 Å². The van der Waals surface area contributed by atoms with Crippen LogP contribution in [-0.2, 0) is 13.0 Å². The fraction of sp³-hybridized carbons (Fsp3) is 0.385. The minimum Gasteiger partial charge on any atom is -0.299 e.